The molecule has 2 aromatic rings. The largest absolute Gasteiger partial charge is 0.435 e. The van der Waals surface area contributed by atoms with Gasteiger partial charge in [0.25, 0.3) is 0 Å². The second-order valence-corrected chi connectivity index (χ2v) is 3.96. The number of aromatic nitrogens is 2. The second-order valence-electron chi connectivity index (χ2n) is 3.52. The zero-order valence-electron chi connectivity index (χ0n) is 8.98. The van der Waals surface area contributed by atoms with Gasteiger partial charge in [-0.05, 0) is 18.2 Å². The van der Waals surface area contributed by atoms with Crippen LogP contribution in [0.2, 0.25) is 0 Å². The maximum atomic E-state index is 12.4. The highest BCUT2D eigenvalue weighted by molar-refractivity contribution is 7.80. The standard InChI is InChI=1S/C11H8F3N3S/c12-11(13,14)9-5-6-17(16-9)8-4-2-1-3-7(8)10(15)18/h1-6H,(H2,15,18). The number of hydrogen-bond acceptors (Lipinski definition) is 2. The molecule has 0 fully saturated rings. The minimum atomic E-state index is -4.47. The zero-order valence-corrected chi connectivity index (χ0v) is 9.79. The van der Waals surface area contributed by atoms with Crippen LogP contribution in [0.4, 0.5) is 13.2 Å². The highest BCUT2D eigenvalue weighted by atomic mass is 32.1. The van der Waals surface area contributed by atoms with Crippen molar-refractivity contribution >= 4 is 17.2 Å². The van der Waals surface area contributed by atoms with Crippen LogP contribution in [0.3, 0.4) is 0 Å². The van der Waals surface area contributed by atoms with Crippen LogP contribution in [0.1, 0.15) is 11.3 Å². The fourth-order valence-corrected chi connectivity index (χ4v) is 1.66. The van der Waals surface area contributed by atoms with E-state index in [1.165, 1.54) is 6.20 Å². The average molecular weight is 271 g/mol. The third-order valence-corrected chi connectivity index (χ3v) is 2.52. The fourth-order valence-electron chi connectivity index (χ4n) is 1.49. The van der Waals surface area contributed by atoms with Gasteiger partial charge in [-0.15, -0.1) is 0 Å². The van der Waals surface area contributed by atoms with Crippen molar-refractivity contribution in [3.05, 3.63) is 47.8 Å². The molecule has 94 valence electrons. The summed E-state index contributed by atoms with van der Waals surface area (Å²) in [6.45, 7) is 0. The topological polar surface area (TPSA) is 43.8 Å². The molecule has 0 aliphatic carbocycles. The molecule has 0 atom stereocenters. The first-order chi connectivity index (χ1) is 8.39. The SMILES string of the molecule is NC(=S)c1ccccc1-n1ccc(C(F)(F)F)n1. The number of alkyl halides is 3. The number of rotatable bonds is 2. The fraction of sp³-hybridized carbons (Fsp3) is 0.0909. The first kappa shape index (κ1) is 12.6. The van der Waals surface area contributed by atoms with Crippen LogP contribution in [0.15, 0.2) is 36.5 Å². The van der Waals surface area contributed by atoms with E-state index >= 15 is 0 Å². The van der Waals surface area contributed by atoms with Crippen LogP contribution >= 0.6 is 12.2 Å². The first-order valence-corrected chi connectivity index (χ1v) is 5.32. The lowest BCUT2D eigenvalue weighted by Gasteiger charge is -2.08. The summed E-state index contributed by atoms with van der Waals surface area (Å²) < 4.78 is 38.5. The van der Waals surface area contributed by atoms with Crippen LogP contribution in [0, 0.1) is 0 Å². The number of halogens is 3. The first-order valence-electron chi connectivity index (χ1n) is 4.91. The summed E-state index contributed by atoms with van der Waals surface area (Å²) in [7, 11) is 0. The van der Waals surface area contributed by atoms with E-state index in [4.69, 9.17) is 18.0 Å². The summed E-state index contributed by atoms with van der Waals surface area (Å²) in [5, 5.41) is 3.47. The van der Waals surface area contributed by atoms with E-state index < -0.39 is 11.9 Å². The summed E-state index contributed by atoms with van der Waals surface area (Å²) in [4.78, 5) is 0.106. The van der Waals surface area contributed by atoms with E-state index in [1.807, 2.05) is 0 Å². The van der Waals surface area contributed by atoms with Crippen LogP contribution in [0.25, 0.3) is 5.69 Å². The summed E-state index contributed by atoms with van der Waals surface area (Å²) >= 11 is 4.84. The summed E-state index contributed by atoms with van der Waals surface area (Å²) in [6.07, 6.45) is -3.25. The van der Waals surface area contributed by atoms with Crippen molar-refractivity contribution in [1.29, 1.82) is 0 Å². The Kier molecular flexibility index (Phi) is 3.08. The molecule has 0 saturated carbocycles. The van der Waals surface area contributed by atoms with Gasteiger partial charge in [-0.2, -0.15) is 18.3 Å². The predicted molar refractivity (Wildman–Crippen MR) is 64.5 cm³/mol. The smallest absolute Gasteiger partial charge is 0.389 e. The van der Waals surface area contributed by atoms with Crippen molar-refractivity contribution in [3.63, 3.8) is 0 Å². The molecule has 1 aromatic carbocycles. The third-order valence-electron chi connectivity index (χ3n) is 2.30. The van der Waals surface area contributed by atoms with E-state index in [2.05, 4.69) is 5.10 Å². The maximum Gasteiger partial charge on any atom is 0.435 e. The Labute approximate surface area is 106 Å². The number of hydrogen-bond donors (Lipinski definition) is 1. The Morgan fingerprint density at radius 1 is 1.22 bits per heavy atom. The molecule has 0 aliphatic rings. The molecule has 0 amide bonds. The average Bonchev–Trinajstić information content (AvgIpc) is 2.77. The van der Waals surface area contributed by atoms with E-state index in [0.29, 0.717) is 11.3 Å². The number of para-hydroxylation sites is 1. The quantitative estimate of drug-likeness (QED) is 0.854. The molecule has 0 bridgehead atoms. The Balaban J connectivity index is 2.50. The van der Waals surface area contributed by atoms with Crippen LogP contribution in [-0.2, 0) is 6.18 Å². The normalized spacial score (nSPS) is 11.5. The van der Waals surface area contributed by atoms with Gasteiger partial charge in [0.05, 0.1) is 5.69 Å². The molecule has 3 nitrogen and oxygen atoms in total. The Morgan fingerprint density at radius 2 is 1.89 bits per heavy atom. The summed E-state index contributed by atoms with van der Waals surface area (Å²) in [6, 6.07) is 7.50. The van der Waals surface area contributed by atoms with Gasteiger partial charge in [0.15, 0.2) is 5.69 Å². The number of thiocarbonyl (C=S) groups is 1. The minimum absolute atomic E-state index is 0.106. The minimum Gasteiger partial charge on any atom is -0.389 e. The second kappa shape index (κ2) is 4.41. The lowest BCUT2D eigenvalue weighted by molar-refractivity contribution is -0.141. The van der Waals surface area contributed by atoms with Crippen molar-refractivity contribution in [1.82, 2.24) is 9.78 Å². The van der Waals surface area contributed by atoms with Crippen molar-refractivity contribution in [2.75, 3.05) is 0 Å². The summed E-state index contributed by atoms with van der Waals surface area (Å²) in [5.41, 5.74) is 5.45. The van der Waals surface area contributed by atoms with Crippen molar-refractivity contribution in [2.24, 2.45) is 5.73 Å². The lowest BCUT2D eigenvalue weighted by Crippen LogP contribution is -2.14. The number of nitrogens with two attached hydrogens (primary N) is 1. The predicted octanol–water partition coefficient (Wildman–Crippen LogP) is 2.53. The molecule has 0 spiro atoms. The maximum absolute atomic E-state index is 12.4. The van der Waals surface area contributed by atoms with E-state index in [0.717, 1.165) is 10.7 Å². The molecule has 2 rings (SSSR count). The van der Waals surface area contributed by atoms with E-state index in [1.54, 1.807) is 24.3 Å². The molecule has 0 saturated heterocycles. The molecule has 1 heterocycles. The lowest BCUT2D eigenvalue weighted by atomic mass is 10.2. The highest BCUT2D eigenvalue weighted by Crippen LogP contribution is 2.28. The highest BCUT2D eigenvalue weighted by Gasteiger charge is 2.33. The number of benzene rings is 1. The van der Waals surface area contributed by atoms with Crippen molar-refractivity contribution < 1.29 is 13.2 Å². The Morgan fingerprint density at radius 3 is 2.44 bits per heavy atom. The summed E-state index contributed by atoms with van der Waals surface area (Å²) in [5.74, 6) is 0. The molecular formula is C11H8F3N3S. The van der Waals surface area contributed by atoms with Crippen LogP contribution in [-0.4, -0.2) is 14.8 Å². The van der Waals surface area contributed by atoms with Gasteiger partial charge < -0.3 is 5.73 Å². The van der Waals surface area contributed by atoms with Crippen LogP contribution in [0.5, 0.6) is 0 Å². The van der Waals surface area contributed by atoms with Gasteiger partial charge in [-0.3, -0.25) is 0 Å². The van der Waals surface area contributed by atoms with Gasteiger partial charge in [-0.1, -0.05) is 24.4 Å². The van der Waals surface area contributed by atoms with Gasteiger partial charge in [0.2, 0.25) is 0 Å². The Hall–Kier alpha value is -1.89. The van der Waals surface area contributed by atoms with E-state index in [-0.39, 0.29) is 4.99 Å². The van der Waals surface area contributed by atoms with Crippen molar-refractivity contribution in [2.45, 2.75) is 6.18 Å². The Bertz CT molecular complexity index is 589. The van der Waals surface area contributed by atoms with Crippen molar-refractivity contribution in [3.8, 4) is 5.69 Å². The van der Waals surface area contributed by atoms with E-state index in [9.17, 15) is 13.2 Å². The molecule has 1 aromatic heterocycles. The number of nitrogens with zero attached hydrogens (tertiary/aromatic N) is 2. The molecular weight excluding hydrogens is 263 g/mol. The molecule has 0 unspecified atom stereocenters. The zero-order chi connectivity index (χ0) is 13.3. The van der Waals surface area contributed by atoms with Gasteiger partial charge >= 0.3 is 6.18 Å². The third kappa shape index (κ3) is 2.35. The molecule has 0 radical (unpaired) electrons. The van der Waals surface area contributed by atoms with Gasteiger partial charge in [0, 0.05) is 11.8 Å². The van der Waals surface area contributed by atoms with Gasteiger partial charge in [0.1, 0.15) is 4.99 Å². The van der Waals surface area contributed by atoms with Gasteiger partial charge in [-0.25, -0.2) is 4.68 Å². The molecule has 2 N–H and O–H groups in total. The molecule has 0 aliphatic heterocycles. The monoisotopic (exact) mass is 271 g/mol. The van der Waals surface area contributed by atoms with Crippen LogP contribution < -0.4 is 5.73 Å². The molecule has 7 heteroatoms. The molecule has 18 heavy (non-hydrogen) atoms.